The fourth-order valence-corrected chi connectivity index (χ4v) is 1.55. The maximum absolute atomic E-state index is 13.0. The molecule has 8 heteroatoms. The quantitative estimate of drug-likeness (QED) is 0.925. The topological polar surface area (TPSA) is 72.7 Å². The zero-order valence-corrected chi connectivity index (χ0v) is 10.1. The molecule has 88 valence electrons. The van der Waals surface area contributed by atoms with Gasteiger partial charge in [-0.3, -0.25) is 4.79 Å². The van der Waals surface area contributed by atoms with Crippen molar-refractivity contribution in [3.05, 3.63) is 34.8 Å². The van der Waals surface area contributed by atoms with Crippen LogP contribution in [0, 0.1) is 5.82 Å². The minimum atomic E-state index is -0.386. The Hall–Kier alpha value is -1.83. The summed E-state index contributed by atoms with van der Waals surface area (Å²) < 4.78 is 14.5. The molecule has 0 bridgehead atoms. The van der Waals surface area contributed by atoms with E-state index in [1.807, 2.05) is 0 Å². The molecule has 0 radical (unpaired) electrons. The van der Waals surface area contributed by atoms with Crippen LogP contribution in [0.15, 0.2) is 29.0 Å². The fourth-order valence-electron chi connectivity index (χ4n) is 1.17. The first kappa shape index (κ1) is 11.6. The SMILES string of the molecule is O=C(Cn1cnnn1)Nc1ccc(F)c(Br)c1. The van der Waals surface area contributed by atoms with Gasteiger partial charge in [0, 0.05) is 5.69 Å². The molecular formula is C9H7BrFN5O. The van der Waals surface area contributed by atoms with Gasteiger partial charge in [0.25, 0.3) is 0 Å². The molecule has 0 atom stereocenters. The van der Waals surface area contributed by atoms with E-state index < -0.39 is 0 Å². The molecular weight excluding hydrogens is 293 g/mol. The third kappa shape index (κ3) is 3.06. The first-order valence-corrected chi connectivity index (χ1v) is 5.40. The summed E-state index contributed by atoms with van der Waals surface area (Å²) in [7, 11) is 0. The number of tetrazole rings is 1. The molecule has 1 N–H and O–H groups in total. The number of rotatable bonds is 3. The molecule has 17 heavy (non-hydrogen) atoms. The van der Waals surface area contributed by atoms with Crippen molar-refractivity contribution < 1.29 is 9.18 Å². The molecule has 0 fully saturated rings. The van der Waals surface area contributed by atoms with Crippen LogP contribution >= 0.6 is 15.9 Å². The van der Waals surface area contributed by atoms with Crippen molar-refractivity contribution in [2.45, 2.75) is 6.54 Å². The van der Waals surface area contributed by atoms with Gasteiger partial charge in [0.05, 0.1) is 4.47 Å². The van der Waals surface area contributed by atoms with Crippen LogP contribution < -0.4 is 5.32 Å². The lowest BCUT2D eigenvalue weighted by molar-refractivity contribution is -0.116. The van der Waals surface area contributed by atoms with Crippen LogP contribution in [-0.2, 0) is 11.3 Å². The molecule has 1 aromatic heterocycles. The maximum atomic E-state index is 13.0. The molecule has 6 nitrogen and oxygen atoms in total. The van der Waals surface area contributed by atoms with Crippen LogP contribution in [0.2, 0.25) is 0 Å². The molecule has 0 spiro atoms. The van der Waals surface area contributed by atoms with Gasteiger partial charge in [0.2, 0.25) is 5.91 Å². The van der Waals surface area contributed by atoms with Gasteiger partial charge in [0.1, 0.15) is 18.7 Å². The number of nitrogens with one attached hydrogen (secondary N) is 1. The summed E-state index contributed by atoms with van der Waals surface area (Å²) in [6, 6.07) is 4.21. The number of hydrogen-bond acceptors (Lipinski definition) is 4. The Balaban J connectivity index is 2.00. The molecule has 0 aliphatic heterocycles. The van der Waals surface area contributed by atoms with E-state index in [1.54, 1.807) is 0 Å². The van der Waals surface area contributed by atoms with Gasteiger partial charge < -0.3 is 5.32 Å². The highest BCUT2D eigenvalue weighted by molar-refractivity contribution is 9.10. The molecule has 1 aromatic carbocycles. The minimum absolute atomic E-state index is 0.00198. The van der Waals surface area contributed by atoms with Crippen LogP contribution in [-0.4, -0.2) is 26.1 Å². The van der Waals surface area contributed by atoms with Gasteiger partial charge in [-0.15, -0.1) is 5.10 Å². The van der Waals surface area contributed by atoms with E-state index in [-0.39, 0.29) is 22.7 Å². The van der Waals surface area contributed by atoms with E-state index in [0.29, 0.717) is 5.69 Å². The predicted octanol–water partition coefficient (Wildman–Crippen LogP) is 1.21. The summed E-state index contributed by atoms with van der Waals surface area (Å²) in [6.07, 6.45) is 1.33. The molecule has 0 saturated heterocycles. The van der Waals surface area contributed by atoms with Gasteiger partial charge in [-0.05, 0) is 44.6 Å². The number of amides is 1. The molecule has 1 amide bonds. The van der Waals surface area contributed by atoms with Gasteiger partial charge >= 0.3 is 0 Å². The number of carbonyl (C=O) groups excluding carboxylic acids is 1. The Bertz CT molecular complexity index is 530. The average Bonchev–Trinajstić information content (AvgIpc) is 2.76. The number of nitrogens with zero attached hydrogens (tertiary/aromatic N) is 4. The third-order valence-corrected chi connectivity index (χ3v) is 2.51. The standard InChI is InChI=1S/C9H7BrFN5O/c10-7-3-6(1-2-8(7)11)13-9(17)4-16-5-12-14-15-16/h1-3,5H,4H2,(H,13,17). The van der Waals surface area contributed by atoms with E-state index >= 15 is 0 Å². The number of anilines is 1. The van der Waals surface area contributed by atoms with Crippen molar-refractivity contribution >= 4 is 27.5 Å². The average molecular weight is 300 g/mol. The summed E-state index contributed by atoms with van der Waals surface area (Å²) in [5.74, 6) is -0.681. The third-order valence-electron chi connectivity index (χ3n) is 1.90. The molecule has 0 unspecified atom stereocenters. The highest BCUT2D eigenvalue weighted by atomic mass is 79.9. The van der Waals surface area contributed by atoms with Crippen molar-refractivity contribution in [2.75, 3.05) is 5.32 Å². The first-order valence-electron chi connectivity index (χ1n) is 4.61. The Morgan fingerprint density at radius 2 is 2.35 bits per heavy atom. The second-order valence-corrected chi connectivity index (χ2v) is 4.04. The number of aromatic nitrogens is 4. The van der Waals surface area contributed by atoms with Crippen molar-refractivity contribution in [2.24, 2.45) is 0 Å². The predicted molar refractivity (Wildman–Crippen MR) is 60.5 cm³/mol. The van der Waals surface area contributed by atoms with Crippen LogP contribution in [0.1, 0.15) is 0 Å². The minimum Gasteiger partial charge on any atom is -0.324 e. The molecule has 1 heterocycles. The summed E-state index contributed by atoms with van der Waals surface area (Å²) in [5, 5.41) is 13.0. The number of carbonyl (C=O) groups is 1. The summed E-state index contributed by atoms with van der Waals surface area (Å²) in [6.45, 7) is 0.00198. The van der Waals surface area contributed by atoms with Crippen LogP contribution in [0.4, 0.5) is 10.1 Å². The lowest BCUT2D eigenvalue weighted by atomic mass is 10.3. The molecule has 0 aliphatic carbocycles. The Morgan fingerprint density at radius 3 is 3.00 bits per heavy atom. The Labute approximate surface area is 104 Å². The van der Waals surface area contributed by atoms with Gasteiger partial charge in [-0.2, -0.15) is 0 Å². The molecule has 2 rings (SSSR count). The lowest BCUT2D eigenvalue weighted by Gasteiger charge is -2.05. The maximum Gasteiger partial charge on any atom is 0.246 e. The fraction of sp³-hybridized carbons (Fsp3) is 0.111. The van der Waals surface area contributed by atoms with Crippen molar-refractivity contribution in [3.8, 4) is 0 Å². The van der Waals surface area contributed by atoms with Crippen LogP contribution in [0.5, 0.6) is 0 Å². The number of halogens is 2. The van der Waals surface area contributed by atoms with Crippen molar-refractivity contribution in [1.29, 1.82) is 0 Å². The zero-order valence-electron chi connectivity index (χ0n) is 8.47. The zero-order chi connectivity index (χ0) is 12.3. The highest BCUT2D eigenvalue weighted by Crippen LogP contribution is 2.19. The van der Waals surface area contributed by atoms with E-state index in [2.05, 4.69) is 36.8 Å². The van der Waals surface area contributed by atoms with E-state index in [9.17, 15) is 9.18 Å². The molecule has 0 aliphatic rings. The summed E-state index contributed by atoms with van der Waals surface area (Å²) in [5.41, 5.74) is 0.497. The lowest BCUT2D eigenvalue weighted by Crippen LogP contribution is -2.19. The van der Waals surface area contributed by atoms with Gasteiger partial charge in [-0.1, -0.05) is 0 Å². The Morgan fingerprint density at radius 1 is 1.53 bits per heavy atom. The van der Waals surface area contributed by atoms with E-state index in [4.69, 9.17) is 0 Å². The molecule has 0 saturated carbocycles. The monoisotopic (exact) mass is 299 g/mol. The van der Waals surface area contributed by atoms with E-state index in [1.165, 1.54) is 29.2 Å². The Kier molecular flexibility index (Phi) is 3.43. The summed E-state index contributed by atoms with van der Waals surface area (Å²) in [4.78, 5) is 11.5. The van der Waals surface area contributed by atoms with Gasteiger partial charge in [0.15, 0.2) is 0 Å². The smallest absolute Gasteiger partial charge is 0.246 e. The van der Waals surface area contributed by atoms with Crippen LogP contribution in [0.25, 0.3) is 0 Å². The van der Waals surface area contributed by atoms with Crippen molar-refractivity contribution in [1.82, 2.24) is 20.2 Å². The van der Waals surface area contributed by atoms with Crippen molar-refractivity contribution in [3.63, 3.8) is 0 Å². The highest BCUT2D eigenvalue weighted by Gasteiger charge is 2.06. The normalized spacial score (nSPS) is 10.2. The second-order valence-electron chi connectivity index (χ2n) is 3.18. The first-order chi connectivity index (χ1) is 8.15. The largest absolute Gasteiger partial charge is 0.324 e. The second kappa shape index (κ2) is 5.00. The van der Waals surface area contributed by atoms with Gasteiger partial charge in [-0.25, -0.2) is 9.07 Å². The number of benzene rings is 1. The van der Waals surface area contributed by atoms with Crippen LogP contribution in [0.3, 0.4) is 0 Å². The number of hydrogen-bond donors (Lipinski definition) is 1. The molecule has 2 aromatic rings. The summed E-state index contributed by atoms with van der Waals surface area (Å²) >= 11 is 3.03. The van der Waals surface area contributed by atoms with E-state index in [0.717, 1.165) is 0 Å².